The molecule has 120 valence electrons. The number of aromatic nitrogens is 1. The average molecular weight is 311 g/mol. The third kappa shape index (κ3) is 3.13. The molecule has 0 spiro atoms. The van der Waals surface area contributed by atoms with Crippen molar-refractivity contribution in [2.45, 2.75) is 26.4 Å². The molecule has 1 N–H and O–H groups in total. The third-order valence-electron chi connectivity index (χ3n) is 4.23. The van der Waals surface area contributed by atoms with Crippen molar-refractivity contribution in [2.75, 3.05) is 16.8 Å². The summed E-state index contributed by atoms with van der Waals surface area (Å²) in [5, 5.41) is 3.49. The maximum atomic E-state index is 12.8. The number of pyridine rings is 1. The van der Waals surface area contributed by atoms with Crippen molar-refractivity contribution in [1.29, 1.82) is 0 Å². The van der Waals surface area contributed by atoms with Crippen LogP contribution in [0.2, 0.25) is 0 Å². The number of nitrogens with zero attached hydrogens (tertiary/aromatic N) is 2. The van der Waals surface area contributed by atoms with Gasteiger partial charge in [0.05, 0.1) is 11.4 Å². The molecule has 1 aromatic heterocycles. The number of anilines is 2. The van der Waals surface area contributed by atoms with E-state index >= 15 is 0 Å². The topological polar surface area (TPSA) is 54.3 Å². The van der Waals surface area contributed by atoms with Gasteiger partial charge in [0.1, 0.15) is 6.54 Å². The van der Waals surface area contributed by atoms with Crippen molar-refractivity contribution in [3.63, 3.8) is 0 Å². The molecule has 5 nitrogen and oxygen atoms in total. The van der Waals surface area contributed by atoms with Crippen LogP contribution in [0.25, 0.3) is 0 Å². The van der Waals surface area contributed by atoms with Gasteiger partial charge in [0, 0.05) is 24.8 Å². The van der Waals surface area contributed by atoms with E-state index in [1.165, 1.54) is 10.6 Å². The first-order valence-corrected chi connectivity index (χ1v) is 7.87. The molecule has 0 bridgehead atoms. The van der Waals surface area contributed by atoms with E-state index < -0.39 is 0 Å². The lowest BCUT2D eigenvalue weighted by molar-refractivity contribution is -0.119. The minimum absolute atomic E-state index is 0.0544. The summed E-state index contributed by atoms with van der Waals surface area (Å²) in [5.74, 6) is 0.330. The Morgan fingerprint density at radius 3 is 2.70 bits per heavy atom. The van der Waals surface area contributed by atoms with Gasteiger partial charge in [0.2, 0.25) is 5.91 Å². The van der Waals surface area contributed by atoms with Crippen molar-refractivity contribution in [2.24, 2.45) is 5.92 Å². The molecule has 3 rings (SSSR count). The summed E-state index contributed by atoms with van der Waals surface area (Å²) in [6.07, 6.45) is 1.65. The molecule has 5 heteroatoms. The van der Waals surface area contributed by atoms with Gasteiger partial charge in [-0.05, 0) is 24.1 Å². The van der Waals surface area contributed by atoms with Gasteiger partial charge in [0.15, 0.2) is 0 Å². The predicted molar refractivity (Wildman–Crippen MR) is 91.7 cm³/mol. The van der Waals surface area contributed by atoms with E-state index in [0.717, 1.165) is 11.4 Å². The van der Waals surface area contributed by atoms with Gasteiger partial charge in [-0.25, -0.2) is 0 Å². The number of hydrogen-bond acceptors (Lipinski definition) is 3. The molecule has 0 radical (unpaired) electrons. The third-order valence-corrected chi connectivity index (χ3v) is 4.23. The second kappa shape index (κ2) is 6.28. The molecule has 0 fully saturated rings. The molecule has 1 aliphatic heterocycles. The molecular formula is C18H21N3O2. The smallest absolute Gasteiger partial charge is 0.250 e. The summed E-state index contributed by atoms with van der Waals surface area (Å²) in [5.41, 5.74) is 1.68. The predicted octanol–water partition coefficient (Wildman–Crippen LogP) is 2.33. The van der Waals surface area contributed by atoms with Crippen LogP contribution < -0.4 is 15.8 Å². The largest absolute Gasteiger partial charge is 0.379 e. The molecule has 2 heterocycles. The highest BCUT2D eigenvalue weighted by atomic mass is 16.2. The van der Waals surface area contributed by atoms with E-state index in [-0.39, 0.29) is 24.1 Å². The van der Waals surface area contributed by atoms with Crippen molar-refractivity contribution < 1.29 is 4.79 Å². The fourth-order valence-corrected chi connectivity index (χ4v) is 2.81. The molecule has 0 saturated carbocycles. The summed E-state index contributed by atoms with van der Waals surface area (Å²) >= 11 is 0. The number of para-hydroxylation sites is 2. The fraction of sp³-hybridized carbons (Fsp3) is 0.333. The number of amides is 1. The zero-order chi connectivity index (χ0) is 16.4. The first kappa shape index (κ1) is 15.3. The molecule has 1 aromatic carbocycles. The van der Waals surface area contributed by atoms with Crippen LogP contribution in [0.4, 0.5) is 11.4 Å². The monoisotopic (exact) mass is 311 g/mol. The highest BCUT2D eigenvalue weighted by molar-refractivity contribution is 5.97. The van der Waals surface area contributed by atoms with Gasteiger partial charge in [-0.1, -0.05) is 32.0 Å². The molecule has 23 heavy (non-hydrogen) atoms. The zero-order valence-electron chi connectivity index (χ0n) is 13.4. The zero-order valence-corrected chi connectivity index (χ0v) is 13.4. The quantitative estimate of drug-likeness (QED) is 0.946. The van der Waals surface area contributed by atoms with Gasteiger partial charge in [0.25, 0.3) is 5.56 Å². The number of fused-ring (bicyclic) bond motifs is 1. The molecule has 0 aliphatic carbocycles. The van der Waals surface area contributed by atoms with Crippen LogP contribution in [0, 0.1) is 5.92 Å². The standard InChI is InChI=1S/C18H21N3O2/c1-13(2)15-11-21(16-8-4-3-7-14(16)19-15)18(23)12-20-10-6-5-9-17(20)22/h3-10,13,15,19H,11-12H2,1-2H3/t15-/m1/s1. The highest BCUT2D eigenvalue weighted by Gasteiger charge is 2.29. The minimum atomic E-state index is -0.162. The minimum Gasteiger partial charge on any atom is -0.379 e. The number of hydrogen-bond donors (Lipinski definition) is 1. The van der Waals surface area contributed by atoms with Gasteiger partial charge in [-0.2, -0.15) is 0 Å². The van der Waals surface area contributed by atoms with Crippen molar-refractivity contribution in [3.8, 4) is 0 Å². The van der Waals surface area contributed by atoms with Crippen LogP contribution >= 0.6 is 0 Å². The summed E-state index contributed by atoms with van der Waals surface area (Å²) in [4.78, 5) is 26.4. The van der Waals surface area contributed by atoms with Gasteiger partial charge < -0.3 is 14.8 Å². The van der Waals surface area contributed by atoms with Crippen molar-refractivity contribution in [1.82, 2.24) is 4.57 Å². The van der Waals surface area contributed by atoms with Gasteiger partial charge in [-0.3, -0.25) is 9.59 Å². The van der Waals surface area contributed by atoms with E-state index in [9.17, 15) is 9.59 Å². The van der Waals surface area contributed by atoms with Gasteiger partial charge >= 0.3 is 0 Å². The number of rotatable bonds is 3. The number of carbonyl (C=O) groups is 1. The summed E-state index contributed by atoms with van der Waals surface area (Å²) in [6.45, 7) is 4.93. The molecule has 0 saturated heterocycles. The maximum Gasteiger partial charge on any atom is 0.250 e. The van der Waals surface area contributed by atoms with Crippen molar-refractivity contribution >= 4 is 17.3 Å². The van der Waals surface area contributed by atoms with Crippen molar-refractivity contribution in [3.05, 3.63) is 59.0 Å². The number of benzene rings is 1. The van der Waals surface area contributed by atoms with Crippen LogP contribution in [-0.2, 0) is 11.3 Å². The second-order valence-corrected chi connectivity index (χ2v) is 6.18. The van der Waals surface area contributed by atoms with Gasteiger partial charge in [-0.15, -0.1) is 0 Å². The molecule has 2 aromatic rings. The average Bonchev–Trinajstić information content (AvgIpc) is 2.55. The fourth-order valence-electron chi connectivity index (χ4n) is 2.81. The Kier molecular flexibility index (Phi) is 4.19. The molecular weight excluding hydrogens is 290 g/mol. The lowest BCUT2D eigenvalue weighted by Gasteiger charge is -2.37. The Morgan fingerprint density at radius 1 is 1.22 bits per heavy atom. The lowest BCUT2D eigenvalue weighted by Crippen LogP contribution is -2.48. The van der Waals surface area contributed by atoms with Crippen LogP contribution in [-0.4, -0.2) is 23.1 Å². The normalized spacial score (nSPS) is 16.8. The van der Waals surface area contributed by atoms with E-state index in [4.69, 9.17) is 0 Å². The Morgan fingerprint density at radius 2 is 1.96 bits per heavy atom. The molecule has 1 aliphatic rings. The first-order valence-electron chi connectivity index (χ1n) is 7.87. The lowest BCUT2D eigenvalue weighted by atomic mass is 10.00. The Bertz CT molecular complexity index is 767. The van der Waals surface area contributed by atoms with Crippen LogP contribution in [0.3, 0.4) is 0 Å². The van der Waals surface area contributed by atoms with E-state index in [2.05, 4.69) is 19.2 Å². The molecule has 1 amide bonds. The SMILES string of the molecule is CC(C)[C@H]1CN(C(=O)Cn2ccccc2=O)c2ccccc2N1. The van der Waals surface area contributed by atoms with E-state index in [0.29, 0.717) is 12.5 Å². The molecule has 0 unspecified atom stereocenters. The number of nitrogens with one attached hydrogen (secondary N) is 1. The van der Waals surface area contributed by atoms with Crippen LogP contribution in [0.1, 0.15) is 13.8 Å². The maximum absolute atomic E-state index is 12.8. The highest BCUT2D eigenvalue weighted by Crippen LogP contribution is 2.32. The number of carbonyl (C=O) groups excluding carboxylic acids is 1. The van der Waals surface area contributed by atoms with Crippen LogP contribution in [0.15, 0.2) is 53.5 Å². The van der Waals surface area contributed by atoms with Crippen LogP contribution in [0.5, 0.6) is 0 Å². The van der Waals surface area contributed by atoms with E-state index in [1.807, 2.05) is 24.3 Å². The Hall–Kier alpha value is -2.56. The Balaban J connectivity index is 1.90. The summed E-state index contributed by atoms with van der Waals surface area (Å²) in [6, 6.07) is 12.9. The summed E-state index contributed by atoms with van der Waals surface area (Å²) < 4.78 is 1.44. The second-order valence-electron chi connectivity index (χ2n) is 6.18. The van der Waals surface area contributed by atoms with E-state index in [1.54, 1.807) is 23.2 Å². The Labute approximate surface area is 135 Å². The molecule has 1 atom stereocenters. The first-order chi connectivity index (χ1) is 11.1. The summed E-state index contributed by atoms with van der Waals surface area (Å²) in [7, 11) is 0.